The maximum Gasteiger partial charge on any atom is 0.137 e. The summed E-state index contributed by atoms with van der Waals surface area (Å²) in [6.07, 6.45) is 6.15. The third-order valence-corrected chi connectivity index (χ3v) is 4.03. The Balaban J connectivity index is 2.33. The van der Waals surface area contributed by atoms with Gasteiger partial charge in [0.2, 0.25) is 0 Å². The molecule has 1 heterocycles. The normalized spacial score (nSPS) is 15.8. The van der Waals surface area contributed by atoms with Crippen molar-refractivity contribution in [3.63, 3.8) is 0 Å². The predicted octanol–water partition coefficient (Wildman–Crippen LogP) is 3.16. The zero-order chi connectivity index (χ0) is 13.8. The van der Waals surface area contributed by atoms with Gasteiger partial charge in [-0.15, -0.1) is 0 Å². The summed E-state index contributed by atoms with van der Waals surface area (Å²) < 4.78 is 0. The zero-order valence-electron chi connectivity index (χ0n) is 12.7. The van der Waals surface area contributed by atoms with Gasteiger partial charge in [0.05, 0.1) is 0 Å². The fraction of sp³-hybridized carbons (Fsp3) is 0.733. The van der Waals surface area contributed by atoms with Crippen LogP contribution in [0.25, 0.3) is 0 Å². The van der Waals surface area contributed by atoms with E-state index >= 15 is 0 Å². The molecule has 1 aliphatic rings. The number of hydrogen-bond donors (Lipinski definition) is 1. The Labute approximate surface area is 116 Å². The van der Waals surface area contributed by atoms with Crippen LogP contribution in [0.1, 0.15) is 50.9 Å². The van der Waals surface area contributed by atoms with E-state index in [4.69, 9.17) is 4.98 Å². The van der Waals surface area contributed by atoms with Crippen molar-refractivity contribution >= 4 is 11.6 Å². The molecule has 0 amide bonds. The molecule has 0 bridgehead atoms. The van der Waals surface area contributed by atoms with Gasteiger partial charge in [-0.1, -0.05) is 19.8 Å². The van der Waals surface area contributed by atoms with Crippen LogP contribution in [0.15, 0.2) is 0 Å². The lowest BCUT2D eigenvalue weighted by atomic mass is 10.2. The van der Waals surface area contributed by atoms with E-state index in [0.717, 1.165) is 30.4 Å². The predicted molar refractivity (Wildman–Crippen MR) is 81.0 cm³/mol. The van der Waals surface area contributed by atoms with Crippen LogP contribution in [0.3, 0.4) is 0 Å². The van der Waals surface area contributed by atoms with Crippen LogP contribution in [-0.2, 0) is 6.42 Å². The van der Waals surface area contributed by atoms with E-state index in [9.17, 15) is 0 Å². The first-order valence-electron chi connectivity index (χ1n) is 7.51. The number of nitrogens with zero attached hydrogens (tertiary/aromatic N) is 3. The van der Waals surface area contributed by atoms with Gasteiger partial charge in [0.1, 0.15) is 17.5 Å². The van der Waals surface area contributed by atoms with Crippen LogP contribution in [0.5, 0.6) is 0 Å². The van der Waals surface area contributed by atoms with Gasteiger partial charge >= 0.3 is 0 Å². The Morgan fingerprint density at radius 1 is 1.21 bits per heavy atom. The molecule has 2 rings (SSSR count). The van der Waals surface area contributed by atoms with Crippen LogP contribution < -0.4 is 10.2 Å². The molecule has 1 fully saturated rings. The maximum atomic E-state index is 4.75. The molecular formula is C15H26N4. The average molecular weight is 262 g/mol. The van der Waals surface area contributed by atoms with Crippen molar-refractivity contribution in [3.05, 3.63) is 11.4 Å². The summed E-state index contributed by atoms with van der Waals surface area (Å²) in [7, 11) is 2.18. The Kier molecular flexibility index (Phi) is 4.61. The lowest BCUT2D eigenvalue weighted by Gasteiger charge is -2.28. The largest absolute Gasteiger partial charge is 0.370 e. The lowest BCUT2D eigenvalue weighted by Crippen LogP contribution is -2.31. The van der Waals surface area contributed by atoms with Gasteiger partial charge < -0.3 is 10.2 Å². The maximum absolute atomic E-state index is 4.75. The molecule has 0 atom stereocenters. The van der Waals surface area contributed by atoms with Crippen molar-refractivity contribution in [2.45, 2.75) is 58.9 Å². The second-order valence-corrected chi connectivity index (χ2v) is 5.37. The van der Waals surface area contributed by atoms with E-state index in [1.165, 1.54) is 31.2 Å². The Morgan fingerprint density at radius 3 is 2.47 bits per heavy atom. The number of hydrogen-bond acceptors (Lipinski definition) is 4. The van der Waals surface area contributed by atoms with E-state index in [-0.39, 0.29) is 0 Å². The molecule has 0 unspecified atom stereocenters. The highest BCUT2D eigenvalue weighted by molar-refractivity contribution is 5.58. The summed E-state index contributed by atoms with van der Waals surface area (Å²) in [5.41, 5.74) is 1.17. The minimum absolute atomic E-state index is 0.646. The molecule has 0 aliphatic heterocycles. The SMILES string of the molecule is CCNc1nc(CC)nc(N(C)C2CCCC2)c1C. The van der Waals surface area contributed by atoms with Gasteiger partial charge in [0.25, 0.3) is 0 Å². The van der Waals surface area contributed by atoms with E-state index in [1.807, 2.05) is 0 Å². The molecular weight excluding hydrogens is 236 g/mol. The second kappa shape index (κ2) is 6.22. The first-order chi connectivity index (χ1) is 9.17. The highest BCUT2D eigenvalue weighted by Crippen LogP contribution is 2.30. The molecule has 0 saturated heterocycles. The molecule has 0 radical (unpaired) electrons. The van der Waals surface area contributed by atoms with Gasteiger partial charge in [-0.05, 0) is 26.7 Å². The molecule has 0 aromatic carbocycles. The number of aromatic nitrogens is 2. The van der Waals surface area contributed by atoms with E-state index in [0.29, 0.717) is 6.04 Å². The van der Waals surface area contributed by atoms with Crippen molar-refractivity contribution in [2.24, 2.45) is 0 Å². The van der Waals surface area contributed by atoms with E-state index in [1.54, 1.807) is 0 Å². The first kappa shape index (κ1) is 14.1. The molecule has 1 N–H and O–H groups in total. The third kappa shape index (κ3) is 2.99. The number of rotatable bonds is 5. The summed E-state index contributed by atoms with van der Waals surface area (Å²) in [6, 6.07) is 0.646. The molecule has 106 valence electrons. The summed E-state index contributed by atoms with van der Waals surface area (Å²) in [4.78, 5) is 11.7. The first-order valence-corrected chi connectivity index (χ1v) is 7.51. The molecule has 19 heavy (non-hydrogen) atoms. The summed E-state index contributed by atoms with van der Waals surface area (Å²) in [5, 5.41) is 3.36. The Hall–Kier alpha value is -1.32. The van der Waals surface area contributed by atoms with Gasteiger partial charge in [-0.25, -0.2) is 9.97 Å². The van der Waals surface area contributed by atoms with Gasteiger partial charge in [0.15, 0.2) is 0 Å². The standard InChI is InChI=1S/C15H26N4/c1-5-13-17-14(16-6-2)11(3)15(18-13)19(4)12-9-7-8-10-12/h12H,5-10H2,1-4H3,(H,16,17,18). The minimum Gasteiger partial charge on any atom is -0.370 e. The van der Waals surface area contributed by atoms with Crippen molar-refractivity contribution < 1.29 is 0 Å². The molecule has 4 nitrogen and oxygen atoms in total. The molecule has 1 aromatic heterocycles. The monoisotopic (exact) mass is 262 g/mol. The number of nitrogens with one attached hydrogen (secondary N) is 1. The fourth-order valence-electron chi connectivity index (χ4n) is 2.86. The van der Waals surface area contributed by atoms with Crippen LogP contribution in [0, 0.1) is 6.92 Å². The summed E-state index contributed by atoms with van der Waals surface area (Å²) in [6.45, 7) is 7.24. The topological polar surface area (TPSA) is 41.1 Å². The molecule has 0 spiro atoms. The van der Waals surface area contributed by atoms with Crippen LogP contribution >= 0.6 is 0 Å². The number of aryl methyl sites for hydroxylation is 1. The number of anilines is 2. The highest BCUT2D eigenvalue weighted by Gasteiger charge is 2.23. The molecule has 1 aromatic rings. The summed E-state index contributed by atoms with van der Waals surface area (Å²) >= 11 is 0. The Morgan fingerprint density at radius 2 is 1.89 bits per heavy atom. The van der Waals surface area contributed by atoms with Crippen molar-refractivity contribution in [2.75, 3.05) is 23.8 Å². The second-order valence-electron chi connectivity index (χ2n) is 5.37. The zero-order valence-corrected chi connectivity index (χ0v) is 12.7. The quantitative estimate of drug-likeness (QED) is 0.885. The van der Waals surface area contributed by atoms with Crippen molar-refractivity contribution in [3.8, 4) is 0 Å². The smallest absolute Gasteiger partial charge is 0.137 e. The van der Waals surface area contributed by atoms with Crippen molar-refractivity contribution in [1.29, 1.82) is 0 Å². The fourth-order valence-corrected chi connectivity index (χ4v) is 2.86. The van der Waals surface area contributed by atoms with E-state index in [2.05, 4.69) is 43.0 Å². The van der Waals surface area contributed by atoms with Crippen LogP contribution in [0.2, 0.25) is 0 Å². The Bertz CT molecular complexity index is 424. The van der Waals surface area contributed by atoms with E-state index < -0.39 is 0 Å². The molecule has 4 heteroatoms. The highest BCUT2D eigenvalue weighted by atomic mass is 15.2. The van der Waals surface area contributed by atoms with Crippen LogP contribution in [0.4, 0.5) is 11.6 Å². The lowest BCUT2D eigenvalue weighted by molar-refractivity contribution is 0.642. The van der Waals surface area contributed by atoms with Gasteiger partial charge in [-0.2, -0.15) is 0 Å². The van der Waals surface area contributed by atoms with Crippen LogP contribution in [-0.4, -0.2) is 29.6 Å². The molecule has 1 saturated carbocycles. The summed E-state index contributed by atoms with van der Waals surface area (Å²) in [5.74, 6) is 3.03. The average Bonchev–Trinajstić information content (AvgIpc) is 2.94. The van der Waals surface area contributed by atoms with Gasteiger partial charge in [-0.3, -0.25) is 0 Å². The third-order valence-electron chi connectivity index (χ3n) is 4.03. The molecule has 1 aliphatic carbocycles. The van der Waals surface area contributed by atoms with Gasteiger partial charge in [0, 0.05) is 31.6 Å². The van der Waals surface area contributed by atoms with Crippen molar-refractivity contribution in [1.82, 2.24) is 9.97 Å². The minimum atomic E-state index is 0.646.